The molecular weight excluding hydrogens is 607 g/mol. The third kappa shape index (κ3) is 4.57. The summed E-state index contributed by atoms with van der Waals surface area (Å²) in [5.74, 6) is 0. The Morgan fingerprint density at radius 3 is 1.74 bits per heavy atom. The van der Waals surface area contributed by atoms with Crippen molar-refractivity contribution in [2.75, 3.05) is 0 Å². The number of hydrogen-bond donors (Lipinski definition) is 0. The Morgan fingerprint density at radius 2 is 0.960 bits per heavy atom. The fraction of sp³-hybridized carbons (Fsp3) is 0. The Bertz CT molecular complexity index is 2840. The molecular formula is C48H31NO. The minimum Gasteiger partial charge on any atom is -0.456 e. The summed E-state index contributed by atoms with van der Waals surface area (Å²) in [6.45, 7) is 0. The summed E-state index contributed by atoms with van der Waals surface area (Å²) in [5, 5.41) is 4.71. The van der Waals surface area contributed by atoms with Crippen molar-refractivity contribution in [2.24, 2.45) is 0 Å². The van der Waals surface area contributed by atoms with Gasteiger partial charge in [-0.25, -0.2) is 0 Å². The lowest BCUT2D eigenvalue weighted by molar-refractivity contribution is 0.669. The first kappa shape index (κ1) is 28.4. The molecule has 2 heteroatoms. The molecule has 10 aromatic rings. The van der Waals surface area contributed by atoms with Crippen LogP contribution in [-0.2, 0) is 0 Å². The zero-order valence-electron chi connectivity index (χ0n) is 27.3. The van der Waals surface area contributed by atoms with Gasteiger partial charge in [-0.2, -0.15) is 0 Å². The van der Waals surface area contributed by atoms with Gasteiger partial charge in [-0.3, -0.25) is 0 Å². The molecule has 0 amide bonds. The summed E-state index contributed by atoms with van der Waals surface area (Å²) >= 11 is 0. The smallest absolute Gasteiger partial charge is 0.136 e. The van der Waals surface area contributed by atoms with Crippen LogP contribution >= 0.6 is 0 Å². The van der Waals surface area contributed by atoms with Crippen LogP contribution in [0.25, 0.3) is 93.9 Å². The lowest BCUT2D eigenvalue weighted by Crippen LogP contribution is -1.96. The Hall–Kier alpha value is -6.64. The lowest BCUT2D eigenvalue weighted by Gasteiger charge is -2.15. The molecule has 0 fully saturated rings. The number of benzene rings is 8. The number of fused-ring (bicyclic) bond motifs is 6. The summed E-state index contributed by atoms with van der Waals surface area (Å²) in [7, 11) is 0. The average Bonchev–Trinajstić information content (AvgIpc) is 3.74. The molecule has 0 unspecified atom stereocenters. The first-order valence-corrected chi connectivity index (χ1v) is 17.1. The highest BCUT2D eigenvalue weighted by atomic mass is 16.3. The second kappa shape index (κ2) is 11.5. The van der Waals surface area contributed by atoms with E-state index in [-0.39, 0.29) is 0 Å². The van der Waals surface area contributed by atoms with Gasteiger partial charge < -0.3 is 8.98 Å². The number of aromatic nitrogens is 1. The predicted octanol–water partition coefficient (Wildman–Crippen LogP) is 13.4. The van der Waals surface area contributed by atoms with Gasteiger partial charge in [0, 0.05) is 32.8 Å². The van der Waals surface area contributed by atoms with Crippen molar-refractivity contribution in [3.63, 3.8) is 0 Å². The van der Waals surface area contributed by atoms with E-state index in [9.17, 15) is 0 Å². The fourth-order valence-corrected chi connectivity index (χ4v) is 7.69. The number of rotatable bonds is 5. The van der Waals surface area contributed by atoms with Crippen molar-refractivity contribution in [1.82, 2.24) is 4.57 Å². The first-order chi connectivity index (χ1) is 24.8. The molecule has 2 nitrogen and oxygen atoms in total. The molecule has 0 atom stereocenters. The standard InChI is InChI=1S/C48H31NO/c1-4-14-32(15-5-1)35-20-12-21-38(28-35)49-44-27-26-36(39-23-13-25-46-47(39)40-22-10-11-24-45(40)50-46)29-42(44)43-31-37(33-16-6-2-7-17-33)30-41(48(43)49)34-18-8-3-9-19-34/h1-31H. The highest BCUT2D eigenvalue weighted by Gasteiger charge is 2.21. The minimum atomic E-state index is 0.904. The third-order valence-corrected chi connectivity index (χ3v) is 9.98. The van der Waals surface area contributed by atoms with Crippen LogP contribution in [0.15, 0.2) is 192 Å². The Kier molecular flexibility index (Phi) is 6.53. The minimum absolute atomic E-state index is 0.904. The average molecular weight is 638 g/mol. The highest BCUT2D eigenvalue weighted by molar-refractivity contribution is 6.18. The zero-order chi connectivity index (χ0) is 33.0. The van der Waals surface area contributed by atoms with Gasteiger partial charge in [0.2, 0.25) is 0 Å². The predicted molar refractivity (Wildman–Crippen MR) is 210 cm³/mol. The molecule has 0 radical (unpaired) electrons. The van der Waals surface area contributed by atoms with Crippen LogP contribution in [0, 0.1) is 0 Å². The van der Waals surface area contributed by atoms with Gasteiger partial charge in [-0.1, -0.05) is 140 Å². The zero-order valence-corrected chi connectivity index (χ0v) is 27.3. The van der Waals surface area contributed by atoms with E-state index in [0.717, 1.165) is 33.2 Å². The normalized spacial score (nSPS) is 11.6. The van der Waals surface area contributed by atoms with E-state index in [4.69, 9.17) is 4.42 Å². The fourth-order valence-electron chi connectivity index (χ4n) is 7.69. The maximum atomic E-state index is 6.31. The van der Waals surface area contributed by atoms with Gasteiger partial charge in [0.15, 0.2) is 0 Å². The molecule has 50 heavy (non-hydrogen) atoms. The molecule has 234 valence electrons. The molecule has 0 saturated heterocycles. The van der Waals surface area contributed by atoms with Crippen LogP contribution in [0.3, 0.4) is 0 Å². The van der Waals surface area contributed by atoms with Gasteiger partial charge in [0.1, 0.15) is 11.2 Å². The van der Waals surface area contributed by atoms with Crippen molar-refractivity contribution in [2.45, 2.75) is 0 Å². The monoisotopic (exact) mass is 637 g/mol. The van der Waals surface area contributed by atoms with Crippen LogP contribution in [0.2, 0.25) is 0 Å². The first-order valence-electron chi connectivity index (χ1n) is 17.1. The Balaban J connectivity index is 1.32. The molecule has 0 spiro atoms. The largest absolute Gasteiger partial charge is 0.456 e. The number of furan rings is 1. The molecule has 8 aromatic carbocycles. The van der Waals surface area contributed by atoms with Crippen LogP contribution in [0.1, 0.15) is 0 Å². The van der Waals surface area contributed by atoms with Gasteiger partial charge in [-0.05, 0) is 87.5 Å². The summed E-state index contributed by atoms with van der Waals surface area (Å²) in [6.07, 6.45) is 0. The molecule has 0 aliphatic rings. The van der Waals surface area contributed by atoms with E-state index >= 15 is 0 Å². The number of nitrogens with zero attached hydrogens (tertiary/aromatic N) is 1. The molecule has 2 heterocycles. The SMILES string of the molecule is c1ccc(-c2cccc(-n3c4ccc(-c5cccc6oc7ccccc7c56)cc4c4cc(-c5ccccc5)cc(-c5ccccc5)c43)c2)cc1. The molecule has 10 rings (SSSR count). The molecule has 0 bridgehead atoms. The van der Waals surface area contributed by atoms with E-state index in [1.807, 2.05) is 6.07 Å². The van der Waals surface area contributed by atoms with Crippen molar-refractivity contribution >= 4 is 43.7 Å². The molecule has 0 N–H and O–H groups in total. The number of hydrogen-bond acceptors (Lipinski definition) is 1. The van der Waals surface area contributed by atoms with Crippen molar-refractivity contribution < 1.29 is 4.42 Å². The van der Waals surface area contributed by atoms with Crippen LogP contribution in [0.5, 0.6) is 0 Å². The van der Waals surface area contributed by atoms with Crippen molar-refractivity contribution in [3.05, 3.63) is 188 Å². The summed E-state index contributed by atoms with van der Waals surface area (Å²) < 4.78 is 8.77. The summed E-state index contributed by atoms with van der Waals surface area (Å²) in [6, 6.07) is 67.5. The molecule has 0 aliphatic heterocycles. The highest BCUT2D eigenvalue weighted by Crippen LogP contribution is 2.44. The topological polar surface area (TPSA) is 18.1 Å². The van der Waals surface area contributed by atoms with E-state index < -0.39 is 0 Å². The summed E-state index contributed by atoms with van der Waals surface area (Å²) in [5.41, 5.74) is 14.8. The van der Waals surface area contributed by atoms with Crippen molar-refractivity contribution in [3.8, 4) is 50.2 Å². The van der Waals surface area contributed by atoms with Crippen LogP contribution in [0.4, 0.5) is 0 Å². The van der Waals surface area contributed by atoms with Gasteiger partial charge >= 0.3 is 0 Å². The van der Waals surface area contributed by atoms with Crippen LogP contribution in [-0.4, -0.2) is 4.57 Å². The summed E-state index contributed by atoms with van der Waals surface area (Å²) in [4.78, 5) is 0. The van der Waals surface area contributed by atoms with E-state index in [1.54, 1.807) is 0 Å². The maximum absolute atomic E-state index is 6.31. The second-order valence-electron chi connectivity index (χ2n) is 12.9. The third-order valence-electron chi connectivity index (χ3n) is 9.98. The van der Waals surface area contributed by atoms with E-state index in [2.05, 4.69) is 187 Å². The molecule has 0 aliphatic carbocycles. The van der Waals surface area contributed by atoms with Crippen molar-refractivity contribution in [1.29, 1.82) is 0 Å². The number of para-hydroxylation sites is 1. The van der Waals surface area contributed by atoms with Crippen LogP contribution < -0.4 is 0 Å². The molecule has 0 saturated carbocycles. The second-order valence-corrected chi connectivity index (χ2v) is 12.9. The Morgan fingerprint density at radius 1 is 0.340 bits per heavy atom. The maximum Gasteiger partial charge on any atom is 0.136 e. The van der Waals surface area contributed by atoms with E-state index in [1.165, 1.54) is 60.8 Å². The van der Waals surface area contributed by atoms with Gasteiger partial charge in [0.05, 0.1) is 11.0 Å². The van der Waals surface area contributed by atoms with E-state index in [0.29, 0.717) is 0 Å². The quantitative estimate of drug-likeness (QED) is 0.184. The van der Waals surface area contributed by atoms with Gasteiger partial charge in [0.25, 0.3) is 0 Å². The molecule has 2 aromatic heterocycles. The van der Waals surface area contributed by atoms with Gasteiger partial charge in [-0.15, -0.1) is 0 Å². The Labute approximate surface area is 290 Å². The lowest BCUT2D eigenvalue weighted by atomic mass is 9.94.